The van der Waals surface area contributed by atoms with Crippen LogP contribution in [0.15, 0.2) is 6.20 Å². The Labute approximate surface area is 102 Å². The molecule has 1 aromatic heterocycles. The highest BCUT2D eigenvalue weighted by molar-refractivity contribution is 7.99. The molecule has 3 heterocycles. The number of rotatable bonds is 1. The topological polar surface area (TPSA) is 17.8 Å². The van der Waals surface area contributed by atoms with E-state index in [9.17, 15) is 0 Å². The van der Waals surface area contributed by atoms with Gasteiger partial charge in [-0.15, -0.1) is 0 Å². The number of aromatic nitrogens is 2. The minimum atomic E-state index is 0.716. The number of imidazole rings is 1. The zero-order valence-corrected chi connectivity index (χ0v) is 10.8. The molecule has 3 rings (SSSR count). The van der Waals surface area contributed by atoms with Gasteiger partial charge < -0.3 is 4.57 Å². The van der Waals surface area contributed by atoms with E-state index in [0.29, 0.717) is 5.92 Å². The SMILES string of the molecule is CC1CCCn2c1cnc2C1CCSCC1. The van der Waals surface area contributed by atoms with Gasteiger partial charge in [0.2, 0.25) is 0 Å². The van der Waals surface area contributed by atoms with Gasteiger partial charge in [-0.1, -0.05) is 6.92 Å². The van der Waals surface area contributed by atoms with Crippen molar-refractivity contribution in [1.82, 2.24) is 9.55 Å². The molecule has 0 aliphatic carbocycles. The molecule has 1 saturated heterocycles. The molecule has 0 N–H and O–H groups in total. The molecule has 2 aliphatic rings. The number of hydrogen-bond acceptors (Lipinski definition) is 2. The molecule has 0 radical (unpaired) electrons. The van der Waals surface area contributed by atoms with E-state index in [1.54, 1.807) is 0 Å². The van der Waals surface area contributed by atoms with Crippen molar-refractivity contribution in [1.29, 1.82) is 0 Å². The predicted octanol–water partition coefficient (Wildman–Crippen LogP) is 3.39. The Morgan fingerprint density at radius 2 is 2.12 bits per heavy atom. The highest BCUT2D eigenvalue weighted by Crippen LogP contribution is 2.35. The third-order valence-electron chi connectivity index (χ3n) is 4.03. The zero-order valence-electron chi connectivity index (χ0n) is 9.98. The van der Waals surface area contributed by atoms with E-state index in [-0.39, 0.29) is 0 Å². The Bertz CT molecular complexity index is 366. The molecular formula is C13H20N2S. The Hall–Kier alpha value is -0.440. The minimum Gasteiger partial charge on any atom is -0.332 e. The molecule has 1 unspecified atom stereocenters. The van der Waals surface area contributed by atoms with Gasteiger partial charge in [0.15, 0.2) is 0 Å². The van der Waals surface area contributed by atoms with Crippen LogP contribution < -0.4 is 0 Å². The molecule has 88 valence electrons. The normalized spacial score (nSPS) is 26.7. The third kappa shape index (κ3) is 1.79. The van der Waals surface area contributed by atoms with Crippen LogP contribution >= 0.6 is 11.8 Å². The van der Waals surface area contributed by atoms with E-state index >= 15 is 0 Å². The molecule has 0 amide bonds. The van der Waals surface area contributed by atoms with Gasteiger partial charge in [0, 0.05) is 24.4 Å². The average Bonchev–Trinajstić information content (AvgIpc) is 2.75. The van der Waals surface area contributed by atoms with Gasteiger partial charge in [0.1, 0.15) is 5.82 Å². The standard InChI is InChI=1S/C13H20N2S/c1-10-3-2-6-15-12(10)9-14-13(15)11-4-7-16-8-5-11/h9-11H,2-8H2,1H3. The third-order valence-corrected chi connectivity index (χ3v) is 5.08. The van der Waals surface area contributed by atoms with Crippen molar-refractivity contribution in [3.8, 4) is 0 Å². The lowest BCUT2D eigenvalue weighted by atomic mass is 9.97. The summed E-state index contributed by atoms with van der Waals surface area (Å²) in [4.78, 5) is 4.73. The van der Waals surface area contributed by atoms with Gasteiger partial charge in [0.25, 0.3) is 0 Å². The number of fused-ring (bicyclic) bond motifs is 1. The summed E-state index contributed by atoms with van der Waals surface area (Å²) in [5, 5.41) is 0. The minimum absolute atomic E-state index is 0.716. The lowest BCUT2D eigenvalue weighted by molar-refractivity contribution is 0.444. The van der Waals surface area contributed by atoms with Crippen LogP contribution in [0.1, 0.15) is 56.0 Å². The zero-order chi connectivity index (χ0) is 11.0. The maximum atomic E-state index is 4.73. The van der Waals surface area contributed by atoms with Gasteiger partial charge in [-0.3, -0.25) is 0 Å². The molecule has 0 aromatic carbocycles. The highest BCUT2D eigenvalue weighted by atomic mass is 32.2. The van der Waals surface area contributed by atoms with Crippen molar-refractivity contribution in [2.75, 3.05) is 11.5 Å². The number of hydrogen-bond donors (Lipinski definition) is 0. The Balaban J connectivity index is 1.89. The van der Waals surface area contributed by atoms with Crippen molar-refractivity contribution in [3.63, 3.8) is 0 Å². The lowest BCUT2D eigenvalue weighted by Crippen LogP contribution is -2.19. The first kappa shape index (κ1) is 10.7. The van der Waals surface area contributed by atoms with E-state index in [4.69, 9.17) is 4.98 Å². The monoisotopic (exact) mass is 236 g/mol. The maximum absolute atomic E-state index is 4.73. The molecule has 0 bridgehead atoms. The lowest BCUT2D eigenvalue weighted by Gasteiger charge is -2.26. The highest BCUT2D eigenvalue weighted by Gasteiger charge is 2.25. The summed E-state index contributed by atoms with van der Waals surface area (Å²) in [6.07, 6.45) is 7.47. The van der Waals surface area contributed by atoms with E-state index in [1.807, 2.05) is 0 Å². The second kappa shape index (κ2) is 4.44. The molecule has 0 saturated carbocycles. The van der Waals surface area contributed by atoms with Crippen LogP contribution in [-0.4, -0.2) is 21.1 Å². The van der Waals surface area contributed by atoms with Gasteiger partial charge in [-0.2, -0.15) is 11.8 Å². The molecule has 2 aliphatic heterocycles. The molecule has 0 spiro atoms. The molecule has 1 aromatic rings. The number of nitrogens with zero attached hydrogens (tertiary/aromatic N) is 2. The Kier molecular flexibility index (Phi) is 2.97. The molecule has 16 heavy (non-hydrogen) atoms. The fourth-order valence-electron chi connectivity index (χ4n) is 3.03. The summed E-state index contributed by atoms with van der Waals surface area (Å²) < 4.78 is 2.52. The molecule has 1 fully saturated rings. The van der Waals surface area contributed by atoms with E-state index < -0.39 is 0 Å². The van der Waals surface area contributed by atoms with Crippen molar-refractivity contribution in [2.24, 2.45) is 0 Å². The second-order valence-corrected chi connectivity index (χ2v) is 6.35. The van der Waals surface area contributed by atoms with E-state index in [1.165, 1.54) is 55.3 Å². The van der Waals surface area contributed by atoms with Crippen LogP contribution in [0.25, 0.3) is 0 Å². The summed E-state index contributed by atoms with van der Waals surface area (Å²) in [6.45, 7) is 3.55. The van der Waals surface area contributed by atoms with Crippen LogP contribution in [-0.2, 0) is 6.54 Å². The Morgan fingerprint density at radius 3 is 2.94 bits per heavy atom. The van der Waals surface area contributed by atoms with Crippen LogP contribution in [0.4, 0.5) is 0 Å². The van der Waals surface area contributed by atoms with Crippen LogP contribution in [0, 0.1) is 0 Å². The molecule has 1 atom stereocenters. The van der Waals surface area contributed by atoms with Gasteiger partial charge in [0.05, 0.1) is 0 Å². The maximum Gasteiger partial charge on any atom is 0.112 e. The largest absolute Gasteiger partial charge is 0.332 e. The summed E-state index contributed by atoms with van der Waals surface area (Å²) in [5.74, 6) is 5.49. The van der Waals surface area contributed by atoms with Crippen molar-refractivity contribution in [3.05, 3.63) is 17.7 Å². The summed E-state index contributed by atoms with van der Waals surface area (Å²) in [7, 11) is 0. The first-order valence-electron chi connectivity index (χ1n) is 6.49. The van der Waals surface area contributed by atoms with Crippen LogP contribution in [0.5, 0.6) is 0 Å². The first-order valence-corrected chi connectivity index (χ1v) is 7.65. The van der Waals surface area contributed by atoms with Gasteiger partial charge >= 0.3 is 0 Å². The van der Waals surface area contributed by atoms with Crippen molar-refractivity contribution < 1.29 is 0 Å². The quantitative estimate of drug-likeness (QED) is 0.744. The van der Waals surface area contributed by atoms with Gasteiger partial charge in [-0.05, 0) is 43.1 Å². The van der Waals surface area contributed by atoms with Crippen LogP contribution in [0.2, 0.25) is 0 Å². The predicted molar refractivity (Wildman–Crippen MR) is 69.2 cm³/mol. The first-order chi connectivity index (χ1) is 7.86. The van der Waals surface area contributed by atoms with Crippen LogP contribution in [0.3, 0.4) is 0 Å². The molecular weight excluding hydrogens is 216 g/mol. The van der Waals surface area contributed by atoms with Gasteiger partial charge in [-0.25, -0.2) is 4.98 Å². The van der Waals surface area contributed by atoms with Crippen molar-refractivity contribution >= 4 is 11.8 Å². The smallest absolute Gasteiger partial charge is 0.112 e. The fraction of sp³-hybridized carbons (Fsp3) is 0.769. The molecule has 2 nitrogen and oxygen atoms in total. The fourth-order valence-corrected chi connectivity index (χ4v) is 4.13. The Morgan fingerprint density at radius 1 is 1.31 bits per heavy atom. The van der Waals surface area contributed by atoms with Crippen molar-refractivity contribution in [2.45, 2.75) is 51.0 Å². The number of thioether (sulfide) groups is 1. The average molecular weight is 236 g/mol. The molecule has 3 heteroatoms. The van der Waals surface area contributed by atoms with E-state index in [0.717, 1.165) is 5.92 Å². The summed E-state index contributed by atoms with van der Waals surface area (Å²) >= 11 is 2.10. The second-order valence-electron chi connectivity index (χ2n) is 5.12. The van der Waals surface area contributed by atoms with E-state index in [2.05, 4.69) is 29.4 Å². The summed E-state index contributed by atoms with van der Waals surface area (Å²) in [6, 6.07) is 0. The summed E-state index contributed by atoms with van der Waals surface area (Å²) in [5.41, 5.74) is 1.49.